The lowest BCUT2D eigenvalue weighted by Gasteiger charge is -2.12. The molecule has 0 saturated heterocycles. The number of hydrogen-bond acceptors (Lipinski definition) is 1. The topological polar surface area (TPSA) is 20.2 Å². The molecule has 0 amide bonds. The molecule has 1 rings (SSSR count). The van der Waals surface area contributed by atoms with E-state index in [1.807, 2.05) is 13.8 Å². The second-order valence-electron chi connectivity index (χ2n) is 3.34. The lowest BCUT2D eigenvalue weighted by Crippen LogP contribution is -1.97. The first kappa shape index (κ1) is 10.6. The van der Waals surface area contributed by atoms with Crippen LogP contribution in [-0.4, -0.2) is 11.7 Å². The summed E-state index contributed by atoms with van der Waals surface area (Å²) in [6.07, 6.45) is 0.617. The maximum atomic E-state index is 8.77. The Hall–Kier alpha value is -0.530. The predicted octanol–water partition coefficient (Wildman–Crippen LogP) is 2.97. The summed E-state index contributed by atoms with van der Waals surface area (Å²) in [7, 11) is 0. The Labute approximate surface area is 84.4 Å². The van der Waals surface area contributed by atoms with Crippen LogP contribution in [0.25, 0.3) is 0 Å². The summed E-state index contributed by atoms with van der Waals surface area (Å²) in [5.74, 6) is 0. The van der Waals surface area contributed by atoms with Gasteiger partial charge < -0.3 is 5.11 Å². The monoisotopic (exact) mass is 198 g/mol. The molecule has 13 heavy (non-hydrogen) atoms. The molecule has 0 radical (unpaired) electrons. The Kier molecular flexibility index (Phi) is 3.76. The molecular weight excluding hydrogens is 184 g/mol. The average Bonchev–Trinajstić information content (AvgIpc) is 2.09. The molecule has 0 aliphatic carbocycles. The lowest BCUT2D eigenvalue weighted by atomic mass is 10.0. The van der Waals surface area contributed by atoms with Crippen molar-refractivity contribution >= 4 is 11.6 Å². The molecule has 1 atom stereocenters. The zero-order valence-corrected chi connectivity index (χ0v) is 8.80. The fourth-order valence-corrected chi connectivity index (χ4v) is 1.70. The van der Waals surface area contributed by atoms with Gasteiger partial charge in [-0.05, 0) is 31.4 Å². The molecule has 1 nitrogen and oxygen atoms in total. The molecule has 0 fully saturated rings. The highest BCUT2D eigenvalue weighted by Gasteiger charge is 2.09. The van der Waals surface area contributed by atoms with Crippen LogP contribution < -0.4 is 0 Å². The van der Waals surface area contributed by atoms with Gasteiger partial charge in [-0.25, -0.2) is 0 Å². The number of aryl methyl sites for hydroxylation is 2. The van der Waals surface area contributed by atoms with Crippen LogP contribution in [0.15, 0.2) is 18.2 Å². The van der Waals surface area contributed by atoms with Crippen molar-refractivity contribution in [3.63, 3.8) is 0 Å². The summed E-state index contributed by atoms with van der Waals surface area (Å²) in [6, 6.07) is 6.22. The van der Waals surface area contributed by atoms with E-state index in [1.165, 1.54) is 11.1 Å². The van der Waals surface area contributed by atoms with Crippen LogP contribution in [0.5, 0.6) is 0 Å². The minimum atomic E-state index is -0.0649. The molecule has 1 aromatic carbocycles. The molecule has 1 N–H and O–H groups in total. The molecule has 1 unspecified atom stereocenters. The summed E-state index contributed by atoms with van der Waals surface area (Å²) < 4.78 is 0. The van der Waals surface area contributed by atoms with E-state index in [9.17, 15) is 0 Å². The van der Waals surface area contributed by atoms with E-state index < -0.39 is 0 Å². The van der Waals surface area contributed by atoms with E-state index in [1.54, 1.807) is 0 Å². The van der Waals surface area contributed by atoms with Crippen LogP contribution in [0.3, 0.4) is 0 Å². The molecule has 1 aromatic rings. The number of aliphatic hydroxyl groups is 1. The van der Waals surface area contributed by atoms with Crippen LogP contribution in [0.2, 0.25) is 0 Å². The molecule has 0 aromatic heterocycles. The normalized spacial score (nSPS) is 12.9. The minimum Gasteiger partial charge on any atom is -0.396 e. The van der Waals surface area contributed by atoms with Crippen molar-refractivity contribution < 1.29 is 5.11 Å². The number of benzene rings is 1. The van der Waals surface area contributed by atoms with Crippen molar-refractivity contribution in [1.82, 2.24) is 0 Å². The third-order valence-electron chi connectivity index (χ3n) is 2.15. The lowest BCUT2D eigenvalue weighted by molar-refractivity contribution is 0.286. The Morgan fingerprint density at radius 2 is 2.08 bits per heavy atom. The first-order chi connectivity index (χ1) is 6.15. The third kappa shape index (κ3) is 2.71. The number of alkyl halides is 1. The van der Waals surface area contributed by atoms with Gasteiger partial charge in [0, 0.05) is 6.61 Å². The van der Waals surface area contributed by atoms with Crippen molar-refractivity contribution in [3.05, 3.63) is 34.9 Å². The average molecular weight is 199 g/mol. The summed E-state index contributed by atoms with van der Waals surface area (Å²) in [4.78, 5) is 0. The van der Waals surface area contributed by atoms with Crippen LogP contribution >= 0.6 is 11.6 Å². The summed E-state index contributed by atoms with van der Waals surface area (Å²) in [5.41, 5.74) is 3.54. The number of halogens is 1. The molecule has 72 valence electrons. The zero-order valence-electron chi connectivity index (χ0n) is 8.05. The Bertz CT molecular complexity index is 283. The number of aliphatic hydroxyl groups excluding tert-OH is 1. The maximum absolute atomic E-state index is 8.77. The van der Waals surface area contributed by atoms with Crippen molar-refractivity contribution in [2.45, 2.75) is 25.6 Å². The minimum absolute atomic E-state index is 0.0649. The van der Waals surface area contributed by atoms with Gasteiger partial charge in [-0.2, -0.15) is 0 Å². The number of hydrogen-bond donors (Lipinski definition) is 1. The molecule has 2 heteroatoms. The smallest absolute Gasteiger partial charge is 0.0609 e. The van der Waals surface area contributed by atoms with Gasteiger partial charge in [0.2, 0.25) is 0 Å². The van der Waals surface area contributed by atoms with Gasteiger partial charge in [-0.3, -0.25) is 0 Å². The molecule has 0 saturated carbocycles. The van der Waals surface area contributed by atoms with Gasteiger partial charge in [0.15, 0.2) is 0 Å². The standard InChI is InChI=1S/C11H15ClO/c1-8-3-4-9(2)10(7-8)11(12)5-6-13/h3-4,7,11,13H,5-6H2,1-2H3. The zero-order chi connectivity index (χ0) is 9.84. The number of rotatable bonds is 3. The van der Waals surface area contributed by atoms with Crippen molar-refractivity contribution in [1.29, 1.82) is 0 Å². The quantitative estimate of drug-likeness (QED) is 0.741. The molecular formula is C11H15ClO. The second-order valence-corrected chi connectivity index (χ2v) is 3.87. The van der Waals surface area contributed by atoms with Gasteiger partial charge >= 0.3 is 0 Å². The third-order valence-corrected chi connectivity index (χ3v) is 2.61. The Balaban J connectivity index is 2.91. The van der Waals surface area contributed by atoms with Crippen molar-refractivity contribution in [2.75, 3.05) is 6.61 Å². The molecule has 0 aliphatic heterocycles. The van der Waals surface area contributed by atoms with E-state index >= 15 is 0 Å². The highest BCUT2D eigenvalue weighted by atomic mass is 35.5. The van der Waals surface area contributed by atoms with Crippen molar-refractivity contribution in [2.24, 2.45) is 0 Å². The first-order valence-electron chi connectivity index (χ1n) is 4.47. The van der Waals surface area contributed by atoms with Crippen LogP contribution in [0.4, 0.5) is 0 Å². The largest absolute Gasteiger partial charge is 0.396 e. The SMILES string of the molecule is Cc1ccc(C)c(C(Cl)CCO)c1. The first-order valence-corrected chi connectivity index (χ1v) is 4.91. The highest BCUT2D eigenvalue weighted by Crippen LogP contribution is 2.27. The Morgan fingerprint density at radius 1 is 1.38 bits per heavy atom. The van der Waals surface area contributed by atoms with Gasteiger partial charge in [-0.15, -0.1) is 11.6 Å². The van der Waals surface area contributed by atoms with Gasteiger partial charge in [0.05, 0.1) is 5.38 Å². The molecule has 0 bridgehead atoms. The summed E-state index contributed by atoms with van der Waals surface area (Å²) in [5, 5.41) is 8.71. The van der Waals surface area contributed by atoms with E-state index in [4.69, 9.17) is 16.7 Å². The van der Waals surface area contributed by atoms with Gasteiger partial charge in [0.1, 0.15) is 0 Å². The van der Waals surface area contributed by atoms with Crippen LogP contribution in [0, 0.1) is 13.8 Å². The van der Waals surface area contributed by atoms with Crippen molar-refractivity contribution in [3.8, 4) is 0 Å². The predicted molar refractivity (Wildman–Crippen MR) is 56.2 cm³/mol. The summed E-state index contributed by atoms with van der Waals surface area (Å²) in [6.45, 7) is 4.23. The Morgan fingerprint density at radius 3 is 2.69 bits per heavy atom. The van der Waals surface area contributed by atoms with Gasteiger partial charge in [0.25, 0.3) is 0 Å². The summed E-state index contributed by atoms with van der Waals surface area (Å²) >= 11 is 6.12. The molecule has 0 spiro atoms. The highest BCUT2D eigenvalue weighted by molar-refractivity contribution is 6.20. The maximum Gasteiger partial charge on any atom is 0.0609 e. The van der Waals surface area contributed by atoms with E-state index in [0.29, 0.717) is 6.42 Å². The van der Waals surface area contributed by atoms with Gasteiger partial charge in [-0.1, -0.05) is 23.8 Å². The van der Waals surface area contributed by atoms with Crippen LogP contribution in [0.1, 0.15) is 28.5 Å². The van der Waals surface area contributed by atoms with E-state index in [-0.39, 0.29) is 12.0 Å². The fourth-order valence-electron chi connectivity index (χ4n) is 1.37. The second kappa shape index (κ2) is 4.64. The molecule has 0 aliphatic rings. The van der Waals surface area contributed by atoms with E-state index in [0.717, 1.165) is 5.56 Å². The van der Waals surface area contributed by atoms with Crippen LogP contribution in [-0.2, 0) is 0 Å². The van der Waals surface area contributed by atoms with E-state index in [2.05, 4.69) is 18.2 Å². The fraction of sp³-hybridized carbons (Fsp3) is 0.455. The molecule has 0 heterocycles.